The van der Waals surface area contributed by atoms with Gasteiger partial charge >= 0.3 is 5.69 Å². The lowest BCUT2D eigenvalue weighted by atomic mass is 9.98. The molecule has 2 aromatic heterocycles. The molecule has 0 aliphatic carbocycles. The van der Waals surface area contributed by atoms with Gasteiger partial charge in [-0.05, 0) is 12.8 Å². The lowest BCUT2D eigenvalue weighted by Crippen LogP contribution is -2.35. The van der Waals surface area contributed by atoms with E-state index in [2.05, 4.69) is 30.6 Å². The van der Waals surface area contributed by atoms with E-state index >= 15 is 0 Å². The molecule has 1 saturated heterocycles. The fraction of sp³-hybridized carbons (Fsp3) is 0.500. The molecule has 0 saturated carbocycles. The zero-order chi connectivity index (χ0) is 13.9. The van der Waals surface area contributed by atoms with Crippen LogP contribution in [0.3, 0.4) is 0 Å². The van der Waals surface area contributed by atoms with E-state index in [0.717, 1.165) is 19.4 Å². The molecule has 1 atom stereocenters. The predicted octanol–water partition coefficient (Wildman–Crippen LogP) is 0.282. The maximum absolute atomic E-state index is 10.6. The van der Waals surface area contributed by atoms with Crippen LogP contribution in [-0.2, 0) is 0 Å². The predicted molar refractivity (Wildman–Crippen MR) is 67.1 cm³/mol. The lowest BCUT2D eigenvalue weighted by molar-refractivity contribution is -0.385. The van der Waals surface area contributed by atoms with Crippen molar-refractivity contribution in [3.8, 4) is 0 Å². The van der Waals surface area contributed by atoms with E-state index in [9.17, 15) is 10.1 Å². The molecule has 3 heterocycles. The van der Waals surface area contributed by atoms with Gasteiger partial charge < -0.3 is 4.90 Å². The number of hydrogen-bond donors (Lipinski definition) is 1. The Morgan fingerprint density at radius 2 is 2.20 bits per heavy atom. The Labute approximate surface area is 113 Å². The van der Waals surface area contributed by atoms with E-state index in [4.69, 9.17) is 0 Å². The van der Waals surface area contributed by atoms with Gasteiger partial charge in [0.1, 0.15) is 12.4 Å². The highest BCUT2D eigenvalue weighted by Crippen LogP contribution is 2.26. The second-order valence-electron chi connectivity index (χ2n) is 4.55. The second-order valence-corrected chi connectivity index (χ2v) is 4.55. The zero-order valence-electron chi connectivity index (χ0n) is 10.5. The highest BCUT2D eigenvalue weighted by molar-refractivity contribution is 5.35. The summed E-state index contributed by atoms with van der Waals surface area (Å²) in [6.07, 6.45) is 4.38. The SMILES string of the molecule is O=[N+]([O-])c1cnc(N2CCC[C@@H](c3nn[nH]n3)C2)nc1. The first-order chi connectivity index (χ1) is 9.74. The Hall–Kier alpha value is -2.65. The number of rotatable bonds is 3. The van der Waals surface area contributed by atoms with E-state index in [0.29, 0.717) is 18.3 Å². The van der Waals surface area contributed by atoms with Crippen molar-refractivity contribution >= 4 is 11.6 Å². The zero-order valence-corrected chi connectivity index (χ0v) is 10.5. The molecule has 104 valence electrons. The van der Waals surface area contributed by atoms with Crippen LogP contribution in [0, 0.1) is 10.1 Å². The quantitative estimate of drug-likeness (QED) is 0.625. The largest absolute Gasteiger partial charge is 0.340 e. The molecule has 1 N–H and O–H groups in total. The average molecular weight is 276 g/mol. The van der Waals surface area contributed by atoms with Crippen LogP contribution in [0.5, 0.6) is 0 Å². The molecule has 3 rings (SSSR count). The summed E-state index contributed by atoms with van der Waals surface area (Å²) in [5.74, 6) is 1.33. The van der Waals surface area contributed by atoms with E-state index in [1.165, 1.54) is 12.4 Å². The number of anilines is 1. The molecule has 0 spiro atoms. The first kappa shape index (κ1) is 12.4. The Balaban J connectivity index is 1.75. The van der Waals surface area contributed by atoms with E-state index in [-0.39, 0.29) is 11.6 Å². The van der Waals surface area contributed by atoms with E-state index < -0.39 is 4.92 Å². The van der Waals surface area contributed by atoms with Gasteiger partial charge in [-0.1, -0.05) is 5.21 Å². The minimum absolute atomic E-state index is 0.111. The van der Waals surface area contributed by atoms with Crippen molar-refractivity contribution in [1.82, 2.24) is 30.6 Å². The number of nitro groups is 1. The summed E-state index contributed by atoms with van der Waals surface area (Å²) in [5, 5.41) is 24.6. The maximum Gasteiger partial charge on any atom is 0.305 e. The Bertz CT molecular complexity index is 584. The summed E-state index contributed by atoms with van der Waals surface area (Å²) >= 11 is 0. The van der Waals surface area contributed by atoms with Crippen molar-refractivity contribution < 1.29 is 4.92 Å². The van der Waals surface area contributed by atoms with Gasteiger partial charge in [0, 0.05) is 19.0 Å². The third-order valence-electron chi connectivity index (χ3n) is 3.27. The van der Waals surface area contributed by atoms with Gasteiger partial charge in [-0.2, -0.15) is 5.21 Å². The number of piperidine rings is 1. The Morgan fingerprint density at radius 3 is 2.85 bits per heavy atom. The topological polar surface area (TPSA) is 127 Å². The summed E-state index contributed by atoms with van der Waals surface area (Å²) in [6.45, 7) is 1.49. The van der Waals surface area contributed by atoms with Crippen LogP contribution >= 0.6 is 0 Å². The number of aromatic amines is 1. The van der Waals surface area contributed by atoms with Gasteiger partial charge in [-0.15, -0.1) is 10.2 Å². The molecule has 1 aliphatic rings. The van der Waals surface area contributed by atoms with Crippen molar-refractivity contribution in [3.05, 3.63) is 28.3 Å². The van der Waals surface area contributed by atoms with Crippen LogP contribution in [-0.4, -0.2) is 48.6 Å². The molecule has 10 nitrogen and oxygen atoms in total. The van der Waals surface area contributed by atoms with E-state index in [1.54, 1.807) is 0 Å². The standard InChI is InChI=1S/C10H12N8O2/c19-18(20)8-4-11-10(12-5-8)17-3-1-2-7(6-17)9-13-15-16-14-9/h4-5,7H,1-3,6H2,(H,13,14,15,16)/t7-/m1/s1. The second kappa shape index (κ2) is 5.15. The molecule has 20 heavy (non-hydrogen) atoms. The molecule has 10 heteroatoms. The smallest absolute Gasteiger partial charge is 0.305 e. The molecule has 0 aromatic carbocycles. The molecule has 0 unspecified atom stereocenters. The number of nitrogens with zero attached hydrogens (tertiary/aromatic N) is 7. The fourth-order valence-corrected chi connectivity index (χ4v) is 2.28. The number of tetrazole rings is 1. The minimum atomic E-state index is -0.512. The maximum atomic E-state index is 10.6. The van der Waals surface area contributed by atoms with Gasteiger partial charge in [0.15, 0.2) is 5.82 Å². The number of hydrogen-bond acceptors (Lipinski definition) is 8. The third-order valence-corrected chi connectivity index (χ3v) is 3.27. The molecule has 1 fully saturated rings. The first-order valence-corrected chi connectivity index (χ1v) is 6.19. The summed E-state index contributed by atoms with van der Waals surface area (Å²) in [6, 6.07) is 0. The minimum Gasteiger partial charge on any atom is -0.340 e. The Morgan fingerprint density at radius 1 is 1.40 bits per heavy atom. The highest BCUT2D eigenvalue weighted by Gasteiger charge is 2.26. The van der Waals surface area contributed by atoms with Crippen LogP contribution in [0.15, 0.2) is 12.4 Å². The van der Waals surface area contributed by atoms with Crippen molar-refractivity contribution in [2.24, 2.45) is 0 Å². The monoisotopic (exact) mass is 276 g/mol. The lowest BCUT2D eigenvalue weighted by Gasteiger charge is -2.30. The summed E-state index contributed by atoms with van der Waals surface area (Å²) < 4.78 is 0. The van der Waals surface area contributed by atoms with Gasteiger partial charge in [0.25, 0.3) is 0 Å². The molecular weight excluding hydrogens is 264 g/mol. The summed E-state index contributed by atoms with van der Waals surface area (Å²) in [4.78, 5) is 20.1. The van der Waals surface area contributed by atoms with Crippen LogP contribution in [0.4, 0.5) is 11.6 Å². The van der Waals surface area contributed by atoms with Crippen LogP contribution in [0.1, 0.15) is 24.6 Å². The molecule has 1 aliphatic heterocycles. The summed E-state index contributed by atoms with van der Waals surface area (Å²) in [7, 11) is 0. The normalized spacial score (nSPS) is 19.0. The molecule has 2 aromatic rings. The Kier molecular flexibility index (Phi) is 3.19. The van der Waals surface area contributed by atoms with Gasteiger partial charge in [-0.25, -0.2) is 9.97 Å². The van der Waals surface area contributed by atoms with E-state index in [1.807, 2.05) is 4.90 Å². The number of nitrogens with one attached hydrogen (secondary N) is 1. The average Bonchev–Trinajstić information content (AvgIpc) is 3.02. The molecule has 0 amide bonds. The van der Waals surface area contributed by atoms with Crippen molar-refractivity contribution in [2.45, 2.75) is 18.8 Å². The van der Waals surface area contributed by atoms with Gasteiger partial charge in [0.05, 0.1) is 4.92 Å². The van der Waals surface area contributed by atoms with Gasteiger partial charge in [0.2, 0.25) is 5.95 Å². The van der Waals surface area contributed by atoms with Crippen molar-refractivity contribution in [2.75, 3.05) is 18.0 Å². The number of H-pyrrole nitrogens is 1. The first-order valence-electron chi connectivity index (χ1n) is 6.19. The van der Waals surface area contributed by atoms with Crippen LogP contribution < -0.4 is 4.90 Å². The van der Waals surface area contributed by atoms with Crippen LogP contribution in [0.2, 0.25) is 0 Å². The van der Waals surface area contributed by atoms with Crippen LogP contribution in [0.25, 0.3) is 0 Å². The molecule has 0 bridgehead atoms. The van der Waals surface area contributed by atoms with Crippen molar-refractivity contribution in [3.63, 3.8) is 0 Å². The fourth-order valence-electron chi connectivity index (χ4n) is 2.28. The summed E-state index contributed by atoms with van der Waals surface area (Å²) in [5.41, 5.74) is -0.111. The third kappa shape index (κ3) is 2.39. The molecule has 0 radical (unpaired) electrons. The molecular formula is C10H12N8O2. The van der Waals surface area contributed by atoms with Crippen molar-refractivity contribution in [1.29, 1.82) is 0 Å². The number of aromatic nitrogens is 6. The van der Waals surface area contributed by atoms with Gasteiger partial charge in [-0.3, -0.25) is 10.1 Å². The highest BCUT2D eigenvalue weighted by atomic mass is 16.6.